The average molecular weight is 344 g/mol. The molecule has 0 radical (unpaired) electrons. The zero-order valence-corrected chi connectivity index (χ0v) is 14.6. The second kappa shape index (κ2) is 5.95. The Bertz CT molecular complexity index is 812. The minimum Gasteiger partial charge on any atom is -0.476 e. The minimum absolute atomic E-state index is 0.0380. The lowest BCUT2D eigenvalue weighted by Crippen LogP contribution is -2.53. The molecule has 0 N–H and O–H groups in total. The van der Waals surface area contributed by atoms with Gasteiger partial charge in [0, 0.05) is 10.6 Å². The lowest BCUT2D eigenvalue weighted by molar-refractivity contribution is -0.132. The predicted octanol–water partition coefficient (Wildman–Crippen LogP) is 4.04. The Morgan fingerprint density at radius 2 is 1.83 bits per heavy atom. The van der Waals surface area contributed by atoms with Crippen molar-refractivity contribution in [2.45, 2.75) is 26.4 Å². The largest absolute Gasteiger partial charge is 0.476 e. The van der Waals surface area contributed by atoms with Crippen molar-refractivity contribution in [1.82, 2.24) is 0 Å². The van der Waals surface area contributed by atoms with Crippen LogP contribution < -0.4 is 9.64 Å². The highest BCUT2D eigenvalue weighted by atomic mass is 35.5. The van der Waals surface area contributed by atoms with E-state index in [0.29, 0.717) is 22.0 Å². The summed E-state index contributed by atoms with van der Waals surface area (Å²) in [7, 11) is 0. The van der Waals surface area contributed by atoms with E-state index in [0.717, 1.165) is 5.56 Å². The highest BCUT2D eigenvalue weighted by Crippen LogP contribution is 2.38. The van der Waals surface area contributed by atoms with Gasteiger partial charge in [0.1, 0.15) is 5.75 Å². The van der Waals surface area contributed by atoms with E-state index in [-0.39, 0.29) is 18.2 Å². The smallest absolute Gasteiger partial charge is 0.271 e. The first-order valence-corrected chi connectivity index (χ1v) is 8.06. The third-order valence-corrected chi connectivity index (χ3v) is 4.25. The van der Waals surface area contributed by atoms with E-state index in [2.05, 4.69) is 0 Å². The molecule has 0 unspecified atom stereocenters. The van der Waals surface area contributed by atoms with Crippen molar-refractivity contribution in [3.63, 3.8) is 0 Å². The van der Waals surface area contributed by atoms with Crippen molar-refractivity contribution >= 4 is 29.0 Å². The number of ketones is 1. The molecule has 0 aliphatic carbocycles. The number of Topliss-reactive ketones (excluding diaryl/α,β-unsaturated/α-hetero) is 1. The van der Waals surface area contributed by atoms with Gasteiger partial charge in [-0.15, -0.1) is 0 Å². The maximum absolute atomic E-state index is 12.8. The zero-order chi connectivity index (χ0) is 17.5. The molecule has 1 aliphatic rings. The molecule has 1 aliphatic heterocycles. The normalized spacial score (nSPS) is 15.7. The van der Waals surface area contributed by atoms with Gasteiger partial charge >= 0.3 is 0 Å². The van der Waals surface area contributed by atoms with Gasteiger partial charge in [0.15, 0.2) is 11.4 Å². The van der Waals surface area contributed by atoms with Crippen LogP contribution in [0.5, 0.6) is 5.75 Å². The molecule has 1 heterocycles. The van der Waals surface area contributed by atoms with Gasteiger partial charge in [-0.2, -0.15) is 0 Å². The van der Waals surface area contributed by atoms with Gasteiger partial charge in [-0.1, -0.05) is 17.7 Å². The number of fused-ring (bicyclic) bond motifs is 1. The van der Waals surface area contributed by atoms with Gasteiger partial charge in [0.25, 0.3) is 5.91 Å². The summed E-state index contributed by atoms with van der Waals surface area (Å²) in [5.74, 6) is 0.224. The topological polar surface area (TPSA) is 46.6 Å². The standard InChI is InChI=1S/C19H18ClNO3/c1-12-4-9-17-15(10-12)21(18(23)19(2,3)24-17)11-16(22)13-5-7-14(20)8-6-13/h4-10H,11H2,1-3H3. The Balaban J connectivity index is 1.96. The second-order valence-electron chi connectivity index (χ2n) is 6.40. The van der Waals surface area contributed by atoms with Crippen LogP contribution in [0.4, 0.5) is 5.69 Å². The number of rotatable bonds is 3. The molecule has 0 atom stereocenters. The highest BCUT2D eigenvalue weighted by molar-refractivity contribution is 6.30. The Morgan fingerprint density at radius 1 is 1.17 bits per heavy atom. The lowest BCUT2D eigenvalue weighted by Gasteiger charge is -2.38. The van der Waals surface area contributed by atoms with Gasteiger partial charge in [-0.3, -0.25) is 14.5 Å². The molecule has 3 rings (SSSR count). The number of carbonyl (C=O) groups is 2. The van der Waals surface area contributed by atoms with Gasteiger partial charge in [0.05, 0.1) is 12.2 Å². The summed E-state index contributed by atoms with van der Waals surface area (Å²) >= 11 is 5.86. The van der Waals surface area contributed by atoms with Crippen molar-refractivity contribution in [1.29, 1.82) is 0 Å². The highest BCUT2D eigenvalue weighted by Gasteiger charge is 2.41. The average Bonchev–Trinajstić information content (AvgIpc) is 2.53. The first-order valence-electron chi connectivity index (χ1n) is 7.68. The second-order valence-corrected chi connectivity index (χ2v) is 6.84. The number of aryl methyl sites for hydroxylation is 1. The number of ether oxygens (including phenoxy) is 1. The van der Waals surface area contributed by atoms with Crippen LogP contribution in [0.3, 0.4) is 0 Å². The number of hydrogen-bond acceptors (Lipinski definition) is 3. The molecule has 124 valence electrons. The molecule has 0 fully saturated rings. The molecule has 4 nitrogen and oxygen atoms in total. The number of amides is 1. The Kier molecular flexibility index (Phi) is 4.10. The summed E-state index contributed by atoms with van der Waals surface area (Å²) < 4.78 is 5.80. The number of anilines is 1. The van der Waals surface area contributed by atoms with Gasteiger partial charge in [-0.05, 0) is 62.7 Å². The molecule has 0 spiro atoms. The first kappa shape index (κ1) is 16.5. The summed E-state index contributed by atoms with van der Waals surface area (Å²) in [6.07, 6.45) is 0. The van der Waals surface area contributed by atoms with E-state index >= 15 is 0 Å². The Hall–Kier alpha value is -2.33. The van der Waals surface area contributed by atoms with Crippen LogP contribution in [0.15, 0.2) is 42.5 Å². The van der Waals surface area contributed by atoms with Crippen LogP contribution in [-0.2, 0) is 4.79 Å². The van der Waals surface area contributed by atoms with Crippen molar-refractivity contribution in [2.75, 3.05) is 11.4 Å². The fraction of sp³-hybridized carbons (Fsp3) is 0.263. The van der Waals surface area contributed by atoms with E-state index in [9.17, 15) is 9.59 Å². The summed E-state index contributed by atoms with van der Waals surface area (Å²) in [6.45, 7) is 5.31. The van der Waals surface area contributed by atoms with E-state index in [1.165, 1.54) is 4.90 Å². The molecular weight excluding hydrogens is 326 g/mol. The summed E-state index contributed by atoms with van der Waals surface area (Å²) in [6, 6.07) is 12.3. The molecule has 2 aromatic rings. The molecule has 0 bridgehead atoms. The SMILES string of the molecule is Cc1ccc2c(c1)N(CC(=O)c1ccc(Cl)cc1)C(=O)C(C)(C)O2. The fourth-order valence-corrected chi connectivity index (χ4v) is 2.83. The number of nitrogens with zero attached hydrogens (tertiary/aromatic N) is 1. The zero-order valence-electron chi connectivity index (χ0n) is 13.8. The van der Waals surface area contributed by atoms with Gasteiger partial charge in [0.2, 0.25) is 0 Å². The van der Waals surface area contributed by atoms with Crippen LogP contribution in [0.2, 0.25) is 5.02 Å². The van der Waals surface area contributed by atoms with Crippen LogP contribution in [0.1, 0.15) is 29.8 Å². The van der Waals surface area contributed by atoms with Crippen molar-refractivity contribution in [3.05, 3.63) is 58.6 Å². The Labute approximate surface area is 146 Å². The molecule has 0 aromatic heterocycles. The van der Waals surface area contributed by atoms with Crippen LogP contribution in [0, 0.1) is 6.92 Å². The molecule has 1 amide bonds. The van der Waals surface area contributed by atoms with Crippen LogP contribution in [0.25, 0.3) is 0 Å². The maximum atomic E-state index is 12.8. The third-order valence-electron chi connectivity index (χ3n) is 4.00. The van der Waals surface area contributed by atoms with E-state index in [4.69, 9.17) is 16.3 Å². The van der Waals surface area contributed by atoms with Crippen LogP contribution in [-0.4, -0.2) is 23.8 Å². The molecule has 2 aromatic carbocycles. The van der Waals surface area contributed by atoms with Gasteiger partial charge < -0.3 is 4.74 Å². The van der Waals surface area contributed by atoms with Crippen molar-refractivity contribution in [2.24, 2.45) is 0 Å². The first-order chi connectivity index (χ1) is 11.3. The summed E-state index contributed by atoms with van der Waals surface area (Å²) in [4.78, 5) is 26.9. The van der Waals surface area contributed by atoms with E-state index in [1.807, 2.05) is 25.1 Å². The van der Waals surface area contributed by atoms with Crippen LogP contribution >= 0.6 is 11.6 Å². The van der Waals surface area contributed by atoms with Crippen molar-refractivity contribution in [3.8, 4) is 5.75 Å². The summed E-state index contributed by atoms with van der Waals surface area (Å²) in [5.41, 5.74) is 1.13. The predicted molar refractivity (Wildman–Crippen MR) is 94.0 cm³/mol. The van der Waals surface area contributed by atoms with E-state index < -0.39 is 5.60 Å². The lowest BCUT2D eigenvalue weighted by atomic mass is 10.0. The quantitative estimate of drug-likeness (QED) is 0.790. The van der Waals surface area contributed by atoms with Gasteiger partial charge in [-0.25, -0.2) is 0 Å². The molecule has 0 saturated heterocycles. The molecule has 24 heavy (non-hydrogen) atoms. The van der Waals surface area contributed by atoms with E-state index in [1.54, 1.807) is 38.1 Å². The molecule has 0 saturated carbocycles. The fourth-order valence-electron chi connectivity index (χ4n) is 2.71. The summed E-state index contributed by atoms with van der Waals surface area (Å²) in [5, 5.41) is 0.566. The number of benzene rings is 2. The number of carbonyl (C=O) groups excluding carboxylic acids is 2. The van der Waals surface area contributed by atoms with Crippen molar-refractivity contribution < 1.29 is 14.3 Å². The number of halogens is 1. The maximum Gasteiger partial charge on any atom is 0.271 e. The molecular formula is C19H18ClNO3. The number of hydrogen-bond donors (Lipinski definition) is 0. The Morgan fingerprint density at radius 3 is 2.50 bits per heavy atom. The minimum atomic E-state index is -1.01. The third kappa shape index (κ3) is 3.02. The monoisotopic (exact) mass is 343 g/mol. The molecule has 5 heteroatoms.